The highest BCUT2D eigenvalue weighted by Crippen LogP contribution is 2.24. The van der Waals surface area contributed by atoms with Gasteiger partial charge in [0.15, 0.2) is 0 Å². The third kappa shape index (κ3) is 5.34. The highest BCUT2D eigenvalue weighted by molar-refractivity contribution is 5.33. The van der Waals surface area contributed by atoms with Crippen LogP contribution in [-0.4, -0.2) is 63.6 Å². The van der Waals surface area contributed by atoms with Gasteiger partial charge in [-0.15, -0.1) is 0 Å². The van der Waals surface area contributed by atoms with E-state index in [2.05, 4.69) is 47.1 Å². The number of nitrogens with zero attached hydrogens (tertiary/aromatic N) is 4. The zero-order valence-electron chi connectivity index (χ0n) is 17.4. The number of para-hydroxylation sites is 1. The standard InChI is InChI=1S/C22H34N4O2/c1-4-28-22-8-6-5-7-20(22)16-25-11-10-24(17-21(25)9-12-27)14-19-13-23-26(15-19)18(2)3/h5-8,13,15,18,21,27H,4,9-12,14,16-17H2,1-3H3/t21-/m0/s1. The first-order chi connectivity index (χ1) is 13.6. The average Bonchev–Trinajstić information content (AvgIpc) is 3.15. The molecular formula is C22H34N4O2. The molecule has 0 amide bonds. The quantitative estimate of drug-likeness (QED) is 0.718. The highest BCUT2D eigenvalue weighted by atomic mass is 16.5. The molecule has 1 saturated heterocycles. The number of benzene rings is 1. The van der Waals surface area contributed by atoms with Crippen LogP contribution >= 0.6 is 0 Å². The maximum absolute atomic E-state index is 9.60. The summed E-state index contributed by atoms with van der Waals surface area (Å²) in [4.78, 5) is 4.97. The van der Waals surface area contributed by atoms with Crippen molar-refractivity contribution in [2.24, 2.45) is 0 Å². The average molecular weight is 387 g/mol. The maximum atomic E-state index is 9.60. The molecule has 1 atom stereocenters. The summed E-state index contributed by atoms with van der Waals surface area (Å²) >= 11 is 0. The smallest absolute Gasteiger partial charge is 0.123 e. The van der Waals surface area contributed by atoms with Crippen LogP contribution in [0, 0.1) is 0 Å². The highest BCUT2D eigenvalue weighted by Gasteiger charge is 2.27. The van der Waals surface area contributed by atoms with Gasteiger partial charge in [-0.3, -0.25) is 14.5 Å². The Kier molecular flexibility index (Phi) is 7.48. The van der Waals surface area contributed by atoms with Gasteiger partial charge in [-0.25, -0.2) is 0 Å². The molecular weight excluding hydrogens is 352 g/mol. The van der Waals surface area contributed by atoms with E-state index in [-0.39, 0.29) is 6.61 Å². The number of aliphatic hydroxyl groups excluding tert-OH is 1. The summed E-state index contributed by atoms with van der Waals surface area (Å²) in [5.74, 6) is 0.969. The van der Waals surface area contributed by atoms with Crippen molar-refractivity contribution in [2.45, 2.75) is 52.4 Å². The van der Waals surface area contributed by atoms with E-state index >= 15 is 0 Å². The Balaban J connectivity index is 1.64. The van der Waals surface area contributed by atoms with E-state index in [1.807, 2.05) is 29.9 Å². The van der Waals surface area contributed by atoms with Gasteiger partial charge in [-0.1, -0.05) is 18.2 Å². The van der Waals surface area contributed by atoms with E-state index in [4.69, 9.17) is 4.74 Å². The number of rotatable bonds is 9. The third-order valence-electron chi connectivity index (χ3n) is 5.39. The van der Waals surface area contributed by atoms with Crippen LogP contribution in [0.1, 0.15) is 44.4 Å². The van der Waals surface area contributed by atoms with Crippen LogP contribution in [0.4, 0.5) is 0 Å². The molecule has 1 aliphatic heterocycles. The normalized spacial score (nSPS) is 18.7. The van der Waals surface area contributed by atoms with Crippen molar-refractivity contribution >= 4 is 0 Å². The first kappa shape index (κ1) is 20.8. The van der Waals surface area contributed by atoms with Crippen molar-refractivity contribution in [2.75, 3.05) is 32.8 Å². The van der Waals surface area contributed by atoms with E-state index in [0.717, 1.165) is 44.9 Å². The van der Waals surface area contributed by atoms with Gasteiger partial charge in [-0.2, -0.15) is 5.10 Å². The van der Waals surface area contributed by atoms with Crippen molar-refractivity contribution in [1.82, 2.24) is 19.6 Å². The lowest BCUT2D eigenvalue weighted by Crippen LogP contribution is -2.52. The summed E-state index contributed by atoms with van der Waals surface area (Å²) in [6.45, 7) is 11.9. The topological polar surface area (TPSA) is 53.8 Å². The largest absolute Gasteiger partial charge is 0.494 e. The molecule has 154 valence electrons. The second kappa shape index (κ2) is 10.0. The molecule has 2 heterocycles. The Bertz CT molecular complexity index is 731. The monoisotopic (exact) mass is 386 g/mol. The lowest BCUT2D eigenvalue weighted by Gasteiger charge is -2.41. The van der Waals surface area contributed by atoms with E-state index in [0.29, 0.717) is 18.7 Å². The Morgan fingerprint density at radius 1 is 1.21 bits per heavy atom. The molecule has 6 heteroatoms. The Labute approximate surface area is 168 Å². The molecule has 0 unspecified atom stereocenters. The molecule has 28 heavy (non-hydrogen) atoms. The second-order valence-electron chi connectivity index (χ2n) is 7.83. The fraction of sp³-hybridized carbons (Fsp3) is 0.591. The molecule has 0 bridgehead atoms. The van der Waals surface area contributed by atoms with E-state index < -0.39 is 0 Å². The van der Waals surface area contributed by atoms with E-state index in [1.165, 1.54) is 11.1 Å². The second-order valence-corrected chi connectivity index (χ2v) is 7.83. The van der Waals surface area contributed by atoms with Crippen LogP contribution in [0.2, 0.25) is 0 Å². The van der Waals surface area contributed by atoms with Gasteiger partial charge in [0.05, 0.1) is 12.8 Å². The van der Waals surface area contributed by atoms with Crippen molar-refractivity contribution in [3.8, 4) is 5.75 Å². The summed E-state index contributed by atoms with van der Waals surface area (Å²) in [7, 11) is 0. The summed E-state index contributed by atoms with van der Waals surface area (Å²) in [6, 6.07) is 9.01. The Morgan fingerprint density at radius 2 is 2.04 bits per heavy atom. The van der Waals surface area contributed by atoms with Crippen molar-refractivity contribution < 1.29 is 9.84 Å². The van der Waals surface area contributed by atoms with Gasteiger partial charge in [-0.05, 0) is 33.3 Å². The molecule has 1 aromatic carbocycles. The van der Waals surface area contributed by atoms with Crippen LogP contribution < -0.4 is 4.74 Å². The number of ether oxygens (including phenoxy) is 1. The summed E-state index contributed by atoms with van der Waals surface area (Å²) < 4.78 is 7.82. The van der Waals surface area contributed by atoms with Gasteiger partial charge in [0.25, 0.3) is 0 Å². The zero-order valence-corrected chi connectivity index (χ0v) is 17.4. The molecule has 2 aromatic rings. The molecule has 1 N–H and O–H groups in total. The third-order valence-corrected chi connectivity index (χ3v) is 5.39. The Hall–Kier alpha value is -1.89. The van der Waals surface area contributed by atoms with Crippen LogP contribution in [0.3, 0.4) is 0 Å². The molecule has 0 spiro atoms. The molecule has 1 fully saturated rings. The van der Waals surface area contributed by atoms with Crippen LogP contribution in [-0.2, 0) is 13.1 Å². The predicted molar refractivity (Wildman–Crippen MR) is 111 cm³/mol. The number of aromatic nitrogens is 2. The first-order valence-electron chi connectivity index (χ1n) is 10.4. The minimum Gasteiger partial charge on any atom is -0.494 e. The van der Waals surface area contributed by atoms with Crippen LogP contribution in [0.25, 0.3) is 0 Å². The Morgan fingerprint density at radius 3 is 2.75 bits per heavy atom. The minimum atomic E-state index is 0.216. The maximum Gasteiger partial charge on any atom is 0.123 e. The van der Waals surface area contributed by atoms with Gasteiger partial charge in [0.2, 0.25) is 0 Å². The summed E-state index contributed by atoms with van der Waals surface area (Å²) in [5, 5.41) is 14.1. The van der Waals surface area contributed by atoms with Crippen molar-refractivity contribution in [3.05, 3.63) is 47.8 Å². The molecule has 1 aliphatic rings. The van der Waals surface area contributed by atoms with Crippen LogP contribution in [0.5, 0.6) is 5.75 Å². The molecule has 1 aromatic heterocycles. The molecule has 0 saturated carbocycles. The summed E-state index contributed by atoms with van der Waals surface area (Å²) in [5.41, 5.74) is 2.48. The lowest BCUT2D eigenvalue weighted by atomic mass is 10.1. The van der Waals surface area contributed by atoms with E-state index in [9.17, 15) is 5.11 Å². The fourth-order valence-corrected chi connectivity index (χ4v) is 3.88. The number of hydrogen-bond acceptors (Lipinski definition) is 5. The molecule has 0 aliphatic carbocycles. The van der Waals surface area contributed by atoms with Crippen molar-refractivity contribution in [3.63, 3.8) is 0 Å². The number of aliphatic hydroxyl groups is 1. The fourth-order valence-electron chi connectivity index (χ4n) is 3.88. The molecule has 0 radical (unpaired) electrons. The first-order valence-corrected chi connectivity index (χ1v) is 10.4. The molecule has 6 nitrogen and oxygen atoms in total. The number of hydrogen-bond donors (Lipinski definition) is 1. The minimum absolute atomic E-state index is 0.216. The SMILES string of the molecule is CCOc1ccccc1CN1CCN(Cc2cnn(C(C)C)c2)C[C@@H]1CCO. The van der Waals surface area contributed by atoms with Gasteiger partial charge < -0.3 is 9.84 Å². The lowest BCUT2D eigenvalue weighted by molar-refractivity contribution is 0.0494. The molecule has 3 rings (SSSR count). The predicted octanol–water partition coefficient (Wildman–Crippen LogP) is 2.93. The van der Waals surface area contributed by atoms with Gasteiger partial charge in [0.1, 0.15) is 5.75 Å². The number of piperazine rings is 1. The van der Waals surface area contributed by atoms with Crippen molar-refractivity contribution in [1.29, 1.82) is 0 Å². The zero-order chi connectivity index (χ0) is 19.9. The van der Waals surface area contributed by atoms with Gasteiger partial charge >= 0.3 is 0 Å². The van der Waals surface area contributed by atoms with Crippen LogP contribution in [0.15, 0.2) is 36.7 Å². The van der Waals surface area contributed by atoms with Gasteiger partial charge in [0, 0.05) is 68.7 Å². The summed E-state index contributed by atoms with van der Waals surface area (Å²) in [6.07, 6.45) is 4.92. The van der Waals surface area contributed by atoms with E-state index in [1.54, 1.807) is 0 Å².